The number of rotatable bonds is 4. The van der Waals surface area contributed by atoms with Gasteiger partial charge in [-0.3, -0.25) is 4.90 Å². The SMILES string of the molecule is CC(C)N(Cc1ccccc1Cl)C(C)C. The van der Waals surface area contributed by atoms with Crippen LogP contribution in [0.15, 0.2) is 24.3 Å². The molecule has 0 saturated heterocycles. The van der Waals surface area contributed by atoms with Crippen molar-refractivity contribution in [2.75, 3.05) is 0 Å². The van der Waals surface area contributed by atoms with Crippen LogP contribution in [0.4, 0.5) is 0 Å². The van der Waals surface area contributed by atoms with E-state index in [1.807, 2.05) is 18.2 Å². The summed E-state index contributed by atoms with van der Waals surface area (Å²) in [6.07, 6.45) is 0. The van der Waals surface area contributed by atoms with Gasteiger partial charge in [0, 0.05) is 23.7 Å². The van der Waals surface area contributed by atoms with Gasteiger partial charge in [0.15, 0.2) is 0 Å². The van der Waals surface area contributed by atoms with Crippen LogP contribution in [0.3, 0.4) is 0 Å². The summed E-state index contributed by atoms with van der Waals surface area (Å²) in [4.78, 5) is 2.43. The number of benzene rings is 1. The zero-order valence-corrected chi connectivity index (χ0v) is 10.8. The fourth-order valence-corrected chi connectivity index (χ4v) is 1.98. The van der Waals surface area contributed by atoms with Crippen LogP contribution in [0, 0.1) is 0 Å². The van der Waals surface area contributed by atoms with Gasteiger partial charge in [-0.05, 0) is 39.3 Å². The second-order valence-electron chi connectivity index (χ2n) is 4.45. The van der Waals surface area contributed by atoms with E-state index in [1.54, 1.807) is 0 Å². The maximum atomic E-state index is 6.15. The van der Waals surface area contributed by atoms with Crippen LogP contribution in [-0.2, 0) is 6.54 Å². The predicted octanol–water partition coefficient (Wildman–Crippen LogP) is 3.96. The molecule has 0 saturated carbocycles. The summed E-state index contributed by atoms with van der Waals surface area (Å²) in [5.41, 5.74) is 1.21. The molecule has 0 aromatic heterocycles. The van der Waals surface area contributed by atoms with Gasteiger partial charge in [-0.15, -0.1) is 0 Å². The van der Waals surface area contributed by atoms with Crippen molar-refractivity contribution in [3.63, 3.8) is 0 Å². The average molecular weight is 226 g/mol. The van der Waals surface area contributed by atoms with Gasteiger partial charge in [0.05, 0.1) is 0 Å². The number of nitrogens with zero attached hydrogens (tertiary/aromatic N) is 1. The molecule has 1 nitrogen and oxygen atoms in total. The van der Waals surface area contributed by atoms with Gasteiger partial charge in [-0.2, -0.15) is 0 Å². The maximum absolute atomic E-state index is 6.15. The lowest BCUT2D eigenvalue weighted by molar-refractivity contribution is 0.166. The zero-order valence-electron chi connectivity index (χ0n) is 10.00. The molecule has 15 heavy (non-hydrogen) atoms. The molecule has 0 unspecified atom stereocenters. The minimum absolute atomic E-state index is 0.543. The summed E-state index contributed by atoms with van der Waals surface area (Å²) in [6.45, 7) is 9.80. The van der Waals surface area contributed by atoms with Crippen molar-refractivity contribution in [1.82, 2.24) is 4.90 Å². The molecule has 2 heteroatoms. The van der Waals surface area contributed by atoms with Crippen LogP contribution in [0.2, 0.25) is 5.02 Å². The summed E-state index contributed by atoms with van der Waals surface area (Å²) in [5, 5.41) is 0.865. The fourth-order valence-electron chi connectivity index (χ4n) is 1.78. The van der Waals surface area contributed by atoms with Gasteiger partial charge < -0.3 is 0 Å². The molecule has 0 bridgehead atoms. The van der Waals surface area contributed by atoms with E-state index in [2.05, 4.69) is 38.7 Å². The summed E-state index contributed by atoms with van der Waals surface area (Å²) in [5.74, 6) is 0. The molecule has 0 aliphatic carbocycles. The summed E-state index contributed by atoms with van der Waals surface area (Å²) in [6, 6.07) is 9.15. The Hall–Kier alpha value is -0.530. The molecule has 0 heterocycles. The van der Waals surface area contributed by atoms with Crippen molar-refractivity contribution in [2.45, 2.75) is 46.3 Å². The lowest BCUT2D eigenvalue weighted by atomic mass is 10.1. The number of hydrogen-bond donors (Lipinski definition) is 0. The Labute approximate surface area is 98.0 Å². The fraction of sp³-hybridized carbons (Fsp3) is 0.538. The zero-order chi connectivity index (χ0) is 11.4. The van der Waals surface area contributed by atoms with Crippen LogP contribution in [0.25, 0.3) is 0 Å². The third kappa shape index (κ3) is 3.51. The van der Waals surface area contributed by atoms with Gasteiger partial charge in [0.2, 0.25) is 0 Å². The molecule has 84 valence electrons. The van der Waals surface area contributed by atoms with Crippen molar-refractivity contribution < 1.29 is 0 Å². The summed E-state index contributed by atoms with van der Waals surface area (Å²) >= 11 is 6.15. The van der Waals surface area contributed by atoms with Crippen molar-refractivity contribution in [2.24, 2.45) is 0 Å². The minimum Gasteiger partial charge on any atom is -0.294 e. The molecule has 1 rings (SSSR count). The Morgan fingerprint density at radius 3 is 2.07 bits per heavy atom. The Morgan fingerprint density at radius 2 is 1.60 bits per heavy atom. The molecule has 0 aliphatic rings. The van der Waals surface area contributed by atoms with Gasteiger partial charge in [0.1, 0.15) is 0 Å². The molecule has 0 amide bonds. The first-order valence-electron chi connectivity index (χ1n) is 5.51. The topological polar surface area (TPSA) is 3.24 Å². The molecular weight excluding hydrogens is 206 g/mol. The highest BCUT2D eigenvalue weighted by atomic mass is 35.5. The van der Waals surface area contributed by atoms with Crippen molar-refractivity contribution in [1.29, 1.82) is 0 Å². The lowest BCUT2D eigenvalue weighted by Crippen LogP contribution is -2.36. The molecule has 0 N–H and O–H groups in total. The van der Waals surface area contributed by atoms with E-state index >= 15 is 0 Å². The van der Waals surface area contributed by atoms with Gasteiger partial charge in [-0.1, -0.05) is 29.8 Å². The first-order chi connectivity index (χ1) is 7.02. The van der Waals surface area contributed by atoms with Crippen LogP contribution in [-0.4, -0.2) is 17.0 Å². The highest BCUT2D eigenvalue weighted by molar-refractivity contribution is 6.31. The molecule has 0 atom stereocenters. The highest BCUT2D eigenvalue weighted by Gasteiger charge is 2.14. The first-order valence-corrected chi connectivity index (χ1v) is 5.89. The second kappa shape index (κ2) is 5.53. The molecule has 0 radical (unpaired) electrons. The second-order valence-corrected chi connectivity index (χ2v) is 4.86. The van der Waals surface area contributed by atoms with Crippen LogP contribution < -0.4 is 0 Å². The monoisotopic (exact) mass is 225 g/mol. The van der Waals surface area contributed by atoms with Gasteiger partial charge in [0.25, 0.3) is 0 Å². The quantitative estimate of drug-likeness (QED) is 0.750. The van der Waals surface area contributed by atoms with Crippen LogP contribution >= 0.6 is 11.6 Å². The van der Waals surface area contributed by atoms with Crippen molar-refractivity contribution in [3.8, 4) is 0 Å². The summed E-state index contributed by atoms with van der Waals surface area (Å²) in [7, 11) is 0. The van der Waals surface area contributed by atoms with E-state index in [0.717, 1.165) is 11.6 Å². The van der Waals surface area contributed by atoms with Crippen LogP contribution in [0.1, 0.15) is 33.3 Å². The van der Waals surface area contributed by atoms with E-state index in [9.17, 15) is 0 Å². The van der Waals surface area contributed by atoms with Crippen molar-refractivity contribution in [3.05, 3.63) is 34.9 Å². The molecule has 0 fully saturated rings. The van der Waals surface area contributed by atoms with E-state index in [4.69, 9.17) is 11.6 Å². The average Bonchev–Trinajstić information content (AvgIpc) is 2.15. The van der Waals surface area contributed by atoms with E-state index in [0.29, 0.717) is 12.1 Å². The third-order valence-corrected chi connectivity index (χ3v) is 3.01. The van der Waals surface area contributed by atoms with Gasteiger partial charge >= 0.3 is 0 Å². The molecular formula is C13H20ClN. The lowest BCUT2D eigenvalue weighted by Gasteiger charge is -2.30. The van der Waals surface area contributed by atoms with E-state index in [1.165, 1.54) is 5.56 Å². The highest BCUT2D eigenvalue weighted by Crippen LogP contribution is 2.19. The van der Waals surface area contributed by atoms with Gasteiger partial charge in [-0.25, -0.2) is 0 Å². The Bertz CT molecular complexity index is 299. The molecule has 1 aromatic rings. The third-order valence-electron chi connectivity index (χ3n) is 2.64. The molecule has 1 aromatic carbocycles. The van der Waals surface area contributed by atoms with E-state index in [-0.39, 0.29) is 0 Å². The smallest absolute Gasteiger partial charge is 0.0451 e. The van der Waals surface area contributed by atoms with E-state index < -0.39 is 0 Å². The normalized spacial score (nSPS) is 11.7. The van der Waals surface area contributed by atoms with Crippen molar-refractivity contribution >= 4 is 11.6 Å². The maximum Gasteiger partial charge on any atom is 0.0451 e. The molecule has 0 aliphatic heterocycles. The number of hydrogen-bond acceptors (Lipinski definition) is 1. The largest absolute Gasteiger partial charge is 0.294 e. The Morgan fingerprint density at radius 1 is 1.07 bits per heavy atom. The van der Waals surface area contributed by atoms with Crippen LogP contribution in [0.5, 0.6) is 0 Å². The number of halogens is 1. The first kappa shape index (κ1) is 12.5. The predicted molar refractivity (Wildman–Crippen MR) is 67.3 cm³/mol. The Kier molecular flexibility index (Phi) is 4.62. The minimum atomic E-state index is 0.543. The Balaban J connectivity index is 2.79. The summed E-state index contributed by atoms with van der Waals surface area (Å²) < 4.78 is 0. The standard InChI is InChI=1S/C13H20ClN/c1-10(2)15(11(3)4)9-12-7-5-6-8-13(12)14/h5-8,10-11H,9H2,1-4H3. The molecule has 0 spiro atoms.